The van der Waals surface area contributed by atoms with E-state index >= 15 is 0 Å². The topological polar surface area (TPSA) is 27.7 Å². The Morgan fingerprint density at radius 2 is 1.90 bits per heavy atom. The zero-order chi connectivity index (χ0) is 7.82. The van der Waals surface area contributed by atoms with Gasteiger partial charge in [-0.15, -0.1) is 0 Å². The van der Waals surface area contributed by atoms with Gasteiger partial charge in [-0.25, -0.2) is 0 Å². The van der Waals surface area contributed by atoms with Gasteiger partial charge in [-0.3, -0.25) is 0 Å². The maximum Gasteiger partial charge on any atom is 0.0776 e. The summed E-state index contributed by atoms with van der Waals surface area (Å²) in [6, 6.07) is 0. The van der Waals surface area contributed by atoms with E-state index in [2.05, 4.69) is 0 Å². The lowest BCUT2D eigenvalue weighted by Crippen LogP contribution is -2.15. The molecule has 3 heteroatoms. The number of hydrogen-bond donors (Lipinski definition) is 0. The fourth-order valence-corrected chi connectivity index (χ4v) is 0.460. The van der Waals surface area contributed by atoms with Gasteiger partial charge in [-0.2, -0.15) is 0 Å². The first-order chi connectivity index (χ1) is 4.81. The highest BCUT2D eigenvalue weighted by molar-refractivity contribution is 4.43. The largest absolute Gasteiger partial charge is 0.382 e. The van der Waals surface area contributed by atoms with E-state index < -0.39 is 0 Å². The monoisotopic (exact) mass is 148 g/mol. The zero-order valence-electron chi connectivity index (χ0n) is 6.92. The molecular weight excluding hydrogens is 132 g/mol. The van der Waals surface area contributed by atoms with Crippen molar-refractivity contribution in [3.8, 4) is 0 Å². The summed E-state index contributed by atoms with van der Waals surface area (Å²) in [7, 11) is 3.33. The van der Waals surface area contributed by atoms with Gasteiger partial charge in [0.2, 0.25) is 0 Å². The molecule has 0 saturated carbocycles. The first-order valence-corrected chi connectivity index (χ1v) is 3.40. The summed E-state index contributed by atoms with van der Waals surface area (Å²) in [6.45, 7) is 3.90. The molecule has 0 rings (SSSR count). The Kier molecular flexibility index (Phi) is 6.91. The molecule has 0 N–H and O–H groups in total. The molecule has 0 heterocycles. The minimum absolute atomic E-state index is 0.178. The summed E-state index contributed by atoms with van der Waals surface area (Å²) in [5.41, 5.74) is 0. The van der Waals surface area contributed by atoms with Crippen LogP contribution in [0.1, 0.15) is 6.92 Å². The van der Waals surface area contributed by atoms with Gasteiger partial charge in [0.1, 0.15) is 0 Å². The highest BCUT2D eigenvalue weighted by atomic mass is 16.5. The predicted molar refractivity (Wildman–Crippen MR) is 39.2 cm³/mol. The molecule has 0 aromatic heterocycles. The Morgan fingerprint density at radius 3 is 2.40 bits per heavy atom. The SMILES string of the molecule is COCCOCC(C)OC. The summed E-state index contributed by atoms with van der Waals surface area (Å²) in [5.74, 6) is 0. The molecule has 3 nitrogen and oxygen atoms in total. The zero-order valence-corrected chi connectivity index (χ0v) is 6.92. The quantitative estimate of drug-likeness (QED) is 0.518. The highest BCUT2D eigenvalue weighted by Gasteiger charge is 1.96. The molecule has 0 amide bonds. The van der Waals surface area contributed by atoms with Gasteiger partial charge in [-0.05, 0) is 6.92 Å². The lowest BCUT2D eigenvalue weighted by Gasteiger charge is -2.08. The van der Waals surface area contributed by atoms with Crippen LogP contribution in [0.4, 0.5) is 0 Å². The second-order valence-corrected chi connectivity index (χ2v) is 2.11. The van der Waals surface area contributed by atoms with Crippen molar-refractivity contribution in [2.45, 2.75) is 13.0 Å². The summed E-state index contributed by atoms with van der Waals surface area (Å²) >= 11 is 0. The van der Waals surface area contributed by atoms with Crippen molar-refractivity contribution in [3.05, 3.63) is 0 Å². The van der Waals surface area contributed by atoms with Gasteiger partial charge >= 0.3 is 0 Å². The van der Waals surface area contributed by atoms with Crippen LogP contribution in [0.5, 0.6) is 0 Å². The van der Waals surface area contributed by atoms with E-state index in [9.17, 15) is 0 Å². The van der Waals surface area contributed by atoms with Crippen LogP contribution < -0.4 is 0 Å². The van der Waals surface area contributed by atoms with Crippen LogP contribution in [0.3, 0.4) is 0 Å². The molecule has 1 unspecified atom stereocenters. The molecule has 0 saturated heterocycles. The highest BCUT2D eigenvalue weighted by Crippen LogP contribution is 1.87. The van der Waals surface area contributed by atoms with Gasteiger partial charge in [0.25, 0.3) is 0 Å². The van der Waals surface area contributed by atoms with Gasteiger partial charge in [0.05, 0.1) is 25.9 Å². The summed E-state index contributed by atoms with van der Waals surface area (Å²) in [6.07, 6.45) is 0.178. The third-order valence-corrected chi connectivity index (χ3v) is 1.19. The van der Waals surface area contributed by atoms with E-state index in [1.165, 1.54) is 0 Å². The van der Waals surface area contributed by atoms with Gasteiger partial charge < -0.3 is 14.2 Å². The third kappa shape index (κ3) is 6.01. The van der Waals surface area contributed by atoms with Crippen LogP contribution >= 0.6 is 0 Å². The molecule has 0 aliphatic carbocycles. The Balaban J connectivity index is 2.89. The second kappa shape index (κ2) is 6.99. The van der Waals surface area contributed by atoms with Crippen LogP contribution in [-0.4, -0.2) is 40.1 Å². The van der Waals surface area contributed by atoms with Crippen molar-refractivity contribution in [3.63, 3.8) is 0 Å². The molecule has 0 aromatic carbocycles. The van der Waals surface area contributed by atoms with Crippen LogP contribution in [-0.2, 0) is 14.2 Å². The van der Waals surface area contributed by atoms with Crippen molar-refractivity contribution in [2.24, 2.45) is 0 Å². The first-order valence-electron chi connectivity index (χ1n) is 3.40. The average Bonchev–Trinajstić information content (AvgIpc) is 1.98. The second-order valence-electron chi connectivity index (χ2n) is 2.11. The average molecular weight is 148 g/mol. The molecule has 0 aromatic rings. The number of rotatable bonds is 6. The molecule has 0 aliphatic rings. The van der Waals surface area contributed by atoms with Crippen LogP contribution in [0.2, 0.25) is 0 Å². The van der Waals surface area contributed by atoms with E-state index in [0.717, 1.165) is 0 Å². The van der Waals surface area contributed by atoms with Gasteiger partial charge in [-0.1, -0.05) is 0 Å². The lowest BCUT2D eigenvalue weighted by molar-refractivity contribution is 0.000968. The van der Waals surface area contributed by atoms with E-state index in [4.69, 9.17) is 14.2 Å². The number of methoxy groups -OCH3 is 2. The van der Waals surface area contributed by atoms with Crippen molar-refractivity contribution in [2.75, 3.05) is 34.0 Å². The maximum absolute atomic E-state index is 5.18. The molecule has 0 fully saturated rings. The predicted octanol–water partition coefficient (Wildman–Crippen LogP) is 0.684. The summed E-state index contributed by atoms with van der Waals surface area (Å²) in [4.78, 5) is 0. The van der Waals surface area contributed by atoms with E-state index in [1.54, 1.807) is 14.2 Å². The summed E-state index contributed by atoms with van der Waals surface area (Å²) < 4.78 is 14.9. The lowest BCUT2D eigenvalue weighted by atomic mass is 10.4. The third-order valence-electron chi connectivity index (χ3n) is 1.19. The van der Waals surface area contributed by atoms with Crippen LogP contribution in [0, 0.1) is 0 Å². The van der Waals surface area contributed by atoms with Crippen molar-refractivity contribution in [1.82, 2.24) is 0 Å². The fraction of sp³-hybridized carbons (Fsp3) is 1.00. The number of ether oxygens (including phenoxy) is 3. The summed E-state index contributed by atoms with van der Waals surface area (Å²) in [5, 5.41) is 0. The Morgan fingerprint density at radius 1 is 1.20 bits per heavy atom. The van der Waals surface area contributed by atoms with Crippen molar-refractivity contribution >= 4 is 0 Å². The van der Waals surface area contributed by atoms with Crippen LogP contribution in [0.15, 0.2) is 0 Å². The molecule has 0 aliphatic heterocycles. The van der Waals surface area contributed by atoms with Crippen molar-refractivity contribution in [1.29, 1.82) is 0 Å². The minimum atomic E-state index is 0.178. The Hall–Kier alpha value is -0.120. The molecule has 0 bridgehead atoms. The maximum atomic E-state index is 5.18. The van der Waals surface area contributed by atoms with Crippen LogP contribution in [0.25, 0.3) is 0 Å². The fourth-order valence-electron chi connectivity index (χ4n) is 0.460. The van der Waals surface area contributed by atoms with Gasteiger partial charge in [0.15, 0.2) is 0 Å². The van der Waals surface area contributed by atoms with E-state index in [1.807, 2.05) is 6.92 Å². The Labute approximate surface area is 62.3 Å². The molecular formula is C7H16O3. The first kappa shape index (κ1) is 9.88. The standard InChI is InChI=1S/C7H16O3/c1-7(9-3)6-10-5-4-8-2/h7H,4-6H2,1-3H3. The molecule has 1 atom stereocenters. The molecule has 0 radical (unpaired) electrons. The van der Waals surface area contributed by atoms with Gasteiger partial charge in [0, 0.05) is 14.2 Å². The Bertz CT molecular complexity index is 65.9. The minimum Gasteiger partial charge on any atom is -0.382 e. The van der Waals surface area contributed by atoms with E-state index in [0.29, 0.717) is 19.8 Å². The van der Waals surface area contributed by atoms with E-state index in [-0.39, 0.29) is 6.10 Å². The normalized spacial score (nSPS) is 13.5. The van der Waals surface area contributed by atoms with Crippen molar-refractivity contribution < 1.29 is 14.2 Å². The smallest absolute Gasteiger partial charge is 0.0776 e. The molecule has 62 valence electrons. The number of hydrogen-bond acceptors (Lipinski definition) is 3. The molecule has 10 heavy (non-hydrogen) atoms. The molecule has 0 spiro atoms.